The van der Waals surface area contributed by atoms with Crippen LogP contribution in [0.5, 0.6) is 5.75 Å². The molecule has 0 radical (unpaired) electrons. The maximum atomic E-state index is 13.7. The van der Waals surface area contributed by atoms with Gasteiger partial charge >= 0.3 is 0 Å². The van der Waals surface area contributed by atoms with E-state index >= 15 is 0 Å². The van der Waals surface area contributed by atoms with Crippen LogP contribution in [-0.2, 0) is 13.2 Å². The van der Waals surface area contributed by atoms with E-state index in [-0.39, 0.29) is 12.4 Å². The standard InChI is InChI=1S/C17H19BrFNO/c1-12(2)20-10-13-5-3-4-6-17(13)21-11-14-9-15(18)7-8-16(14)19/h3-9,12,20H,10-11H2,1-2H3. The maximum absolute atomic E-state index is 13.7. The minimum atomic E-state index is -0.254. The molecule has 112 valence electrons. The zero-order chi connectivity index (χ0) is 15.2. The molecule has 0 atom stereocenters. The molecule has 0 spiro atoms. The lowest BCUT2D eigenvalue weighted by Crippen LogP contribution is -2.22. The average molecular weight is 352 g/mol. The molecule has 0 saturated heterocycles. The lowest BCUT2D eigenvalue weighted by molar-refractivity contribution is 0.295. The second-order valence-corrected chi connectivity index (χ2v) is 6.08. The first kappa shape index (κ1) is 16.0. The second kappa shape index (κ2) is 7.57. The van der Waals surface area contributed by atoms with Crippen LogP contribution < -0.4 is 10.1 Å². The van der Waals surface area contributed by atoms with Gasteiger partial charge < -0.3 is 10.1 Å². The monoisotopic (exact) mass is 351 g/mol. The van der Waals surface area contributed by atoms with Crippen molar-refractivity contribution in [2.45, 2.75) is 33.0 Å². The van der Waals surface area contributed by atoms with Crippen molar-refractivity contribution in [2.24, 2.45) is 0 Å². The second-order valence-electron chi connectivity index (χ2n) is 5.17. The number of ether oxygens (including phenoxy) is 1. The molecule has 2 nitrogen and oxygen atoms in total. The molecule has 1 N–H and O–H groups in total. The summed E-state index contributed by atoms with van der Waals surface area (Å²) in [6.45, 7) is 5.14. The van der Waals surface area contributed by atoms with Crippen molar-refractivity contribution >= 4 is 15.9 Å². The first-order valence-electron chi connectivity index (χ1n) is 6.94. The summed E-state index contributed by atoms with van der Waals surface area (Å²) in [6, 6.07) is 13.1. The largest absolute Gasteiger partial charge is 0.488 e. The fraction of sp³-hybridized carbons (Fsp3) is 0.294. The molecule has 0 saturated carbocycles. The predicted octanol–water partition coefficient (Wildman–Crippen LogP) is 4.67. The Morgan fingerprint density at radius 1 is 1.14 bits per heavy atom. The highest BCUT2D eigenvalue weighted by molar-refractivity contribution is 9.10. The number of nitrogens with one attached hydrogen (secondary N) is 1. The van der Waals surface area contributed by atoms with Gasteiger partial charge in [-0.2, -0.15) is 0 Å². The van der Waals surface area contributed by atoms with Crippen molar-refractivity contribution in [1.82, 2.24) is 5.32 Å². The lowest BCUT2D eigenvalue weighted by Gasteiger charge is -2.14. The van der Waals surface area contributed by atoms with Crippen LogP contribution in [-0.4, -0.2) is 6.04 Å². The number of benzene rings is 2. The predicted molar refractivity (Wildman–Crippen MR) is 86.8 cm³/mol. The molecule has 0 bridgehead atoms. The number of rotatable bonds is 6. The smallest absolute Gasteiger partial charge is 0.129 e. The first-order chi connectivity index (χ1) is 10.1. The summed E-state index contributed by atoms with van der Waals surface area (Å²) in [4.78, 5) is 0. The zero-order valence-corrected chi connectivity index (χ0v) is 13.8. The van der Waals surface area contributed by atoms with Gasteiger partial charge in [0.2, 0.25) is 0 Å². The Balaban J connectivity index is 2.07. The summed E-state index contributed by atoms with van der Waals surface area (Å²) in [5.74, 6) is 0.529. The number of halogens is 2. The van der Waals surface area contributed by atoms with Crippen molar-refractivity contribution in [1.29, 1.82) is 0 Å². The van der Waals surface area contributed by atoms with Gasteiger partial charge in [-0.15, -0.1) is 0 Å². The highest BCUT2D eigenvalue weighted by atomic mass is 79.9. The number of hydrogen-bond donors (Lipinski definition) is 1. The van der Waals surface area contributed by atoms with E-state index in [0.29, 0.717) is 11.6 Å². The summed E-state index contributed by atoms with van der Waals surface area (Å²) in [5, 5.41) is 3.36. The fourth-order valence-electron chi connectivity index (χ4n) is 1.91. The fourth-order valence-corrected chi connectivity index (χ4v) is 2.32. The van der Waals surface area contributed by atoms with Crippen LogP contribution in [0.4, 0.5) is 4.39 Å². The van der Waals surface area contributed by atoms with E-state index in [0.717, 1.165) is 22.3 Å². The summed E-state index contributed by atoms with van der Waals surface area (Å²) >= 11 is 3.35. The molecule has 0 fully saturated rings. The Kier molecular flexibility index (Phi) is 5.76. The first-order valence-corrected chi connectivity index (χ1v) is 7.73. The van der Waals surface area contributed by atoms with Gasteiger partial charge in [0.05, 0.1) is 0 Å². The molecule has 0 aromatic heterocycles. The van der Waals surface area contributed by atoms with Crippen molar-refractivity contribution in [3.8, 4) is 5.75 Å². The molecule has 0 aliphatic carbocycles. The third kappa shape index (κ3) is 4.83. The van der Waals surface area contributed by atoms with Crippen molar-refractivity contribution in [2.75, 3.05) is 0 Å². The van der Waals surface area contributed by atoms with Crippen LogP contribution in [0.15, 0.2) is 46.9 Å². The van der Waals surface area contributed by atoms with Gasteiger partial charge in [0.1, 0.15) is 18.2 Å². The van der Waals surface area contributed by atoms with Gasteiger partial charge in [0.15, 0.2) is 0 Å². The average Bonchev–Trinajstić information content (AvgIpc) is 2.47. The van der Waals surface area contributed by atoms with E-state index in [1.165, 1.54) is 6.07 Å². The Morgan fingerprint density at radius 3 is 2.67 bits per heavy atom. The number of hydrogen-bond acceptors (Lipinski definition) is 2. The lowest BCUT2D eigenvalue weighted by atomic mass is 10.2. The number of para-hydroxylation sites is 1. The Labute approximate surface area is 133 Å². The van der Waals surface area contributed by atoms with Crippen molar-refractivity contribution in [3.05, 3.63) is 63.9 Å². The van der Waals surface area contributed by atoms with Crippen LogP contribution in [0.2, 0.25) is 0 Å². The van der Waals surface area contributed by atoms with Gasteiger partial charge in [-0.3, -0.25) is 0 Å². The molecule has 0 amide bonds. The molecule has 0 unspecified atom stereocenters. The Morgan fingerprint density at radius 2 is 1.90 bits per heavy atom. The van der Waals surface area contributed by atoms with Crippen LogP contribution in [0, 0.1) is 5.82 Å². The SMILES string of the molecule is CC(C)NCc1ccccc1OCc1cc(Br)ccc1F. The highest BCUT2D eigenvalue weighted by Crippen LogP contribution is 2.21. The summed E-state index contributed by atoms with van der Waals surface area (Å²) < 4.78 is 20.3. The topological polar surface area (TPSA) is 21.3 Å². The van der Waals surface area contributed by atoms with E-state index in [9.17, 15) is 4.39 Å². The Bertz CT molecular complexity index is 601. The molecule has 0 heterocycles. The van der Waals surface area contributed by atoms with Gasteiger partial charge in [0.25, 0.3) is 0 Å². The molecule has 4 heteroatoms. The third-order valence-corrected chi connectivity index (χ3v) is 3.56. The van der Waals surface area contributed by atoms with Crippen molar-refractivity contribution < 1.29 is 9.13 Å². The van der Waals surface area contributed by atoms with Crippen LogP contribution in [0.3, 0.4) is 0 Å². The van der Waals surface area contributed by atoms with E-state index in [1.54, 1.807) is 12.1 Å². The third-order valence-electron chi connectivity index (χ3n) is 3.06. The van der Waals surface area contributed by atoms with E-state index < -0.39 is 0 Å². The molecule has 2 aromatic rings. The van der Waals surface area contributed by atoms with E-state index in [4.69, 9.17) is 4.74 Å². The zero-order valence-electron chi connectivity index (χ0n) is 12.2. The molecule has 21 heavy (non-hydrogen) atoms. The summed E-state index contributed by atoms with van der Waals surface area (Å²) in [5.41, 5.74) is 1.61. The van der Waals surface area contributed by atoms with Crippen LogP contribution >= 0.6 is 15.9 Å². The Hall–Kier alpha value is -1.39. The normalized spacial score (nSPS) is 10.9. The summed E-state index contributed by atoms with van der Waals surface area (Å²) in [6.07, 6.45) is 0. The van der Waals surface area contributed by atoms with Crippen LogP contribution in [0.25, 0.3) is 0 Å². The molecular formula is C17H19BrFNO. The highest BCUT2D eigenvalue weighted by Gasteiger charge is 2.07. The van der Waals surface area contributed by atoms with E-state index in [1.807, 2.05) is 24.3 Å². The molecule has 2 aromatic carbocycles. The maximum Gasteiger partial charge on any atom is 0.129 e. The van der Waals surface area contributed by atoms with Gasteiger partial charge in [-0.1, -0.05) is 48.0 Å². The van der Waals surface area contributed by atoms with Crippen molar-refractivity contribution in [3.63, 3.8) is 0 Å². The minimum Gasteiger partial charge on any atom is -0.488 e. The molecule has 0 aliphatic rings. The van der Waals surface area contributed by atoms with Gasteiger partial charge in [0, 0.05) is 28.2 Å². The minimum absolute atomic E-state index is 0.212. The van der Waals surface area contributed by atoms with Crippen LogP contribution in [0.1, 0.15) is 25.0 Å². The molecular weight excluding hydrogens is 333 g/mol. The summed E-state index contributed by atoms with van der Waals surface area (Å²) in [7, 11) is 0. The molecule has 2 rings (SSSR count). The molecule has 0 aliphatic heterocycles. The van der Waals surface area contributed by atoms with E-state index in [2.05, 4.69) is 35.1 Å². The quantitative estimate of drug-likeness (QED) is 0.816. The van der Waals surface area contributed by atoms with Gasteiger partial charge in [-0.05, 0) is 24.3 Å². The van der Waals surface area contributed by atoms with Gasteiger partial charge in [-0.25, -0.2) is 4.39 Å².